The van der Waals surface area contributed by atoms with Crippen LogP contribution in [0.1, 0.15) is 11.1 Å². The summed E-state index contributed by atoms with van der Waals surface area (Å²) in [6.07, 6.45) is 1.33. The van der Waals surface area contributed by atoms with Crippen LogP contribution in [0.15, 0.2) is 64.2 Å². The van der Waals surface area contributed by atoms with E-state index in [4.69, 9.17) is 32.7 Å². The maximum absolute atomic E-state index is 13.1. The molecule has 2 N–H and O–H groups in total. The quantitative estimate of drug-likeness (QED) is 0.221. The number of hydrogen-bond acceptors (Lipinski definition) is 5. The number of anilines is 1. The predicted octanol–water partition coefficient (Wildman–Crippen LogP) is 5.57. The van der Waals surface area contributed by atoms with Gasteiger partial charge in [-0.3, -0.25) is 9.59 Å². The Bertz CT molecular complexity index is 1220. The zero-order valence-electron chi connectivity index (χ0n) is 17.6. The Morgan fingerprint density at radius 2 is 1.74 bits per heavy atom. The maximum Gasteiger partial charge on any atom is 0.329 e. The van der Waals surface area contributed by atoms with Gasteiger partial charge in [0.1, 0.15) is 12.4 Å². The van der Waals surface area contributed by atoms with E-state index in [1.54, 1.807) is 24.3 Å². The number of carbonyl (C=O) groups excluding carboxylic acids is 2. The second-order valence-corrected chi connectivity index (χ2v) is 8.49. The van der Waals surface area contributed by atoms with Crippen molar-refractivity contribution in [1.29, 1.82) is 0 Å². The van der Waals surface area contributed by atoms with E-state index >= 15 is 0 Å². The molecule has 0 atom stereocenters. The van der Waals surface area contributed by atoms with E-state index in [1.807, 2.05) is 0 Å². The molecule has 0 spiro atoms. The zero-order chi connectivity index (χ0) is 24.7. The fourth-order valence-electron chi connectivity index (χ4n) is 2.72. The molecular weight excluding hydrogens is 552 g/mol. The Balaban J connectivity index is 1.62. The lowest BCUT2D eigenvalue weighted by Gasteiger charge is -2.13. The van der Waals surface area contributed by atoms with Crippen LogP contribution in [0.3, 0.4) is 0 Å². The molecule has 0 radical (unpaired) electrons. The highest BCUT2D eigenvalue weighted by molar-refractivity contribution is 9.10. The summed E-state index contributed by atoms with van der Waals surface area (Å²) in [6, 6.07) is 13.7. The van der Waals surface area contributed by atoms with Gasteiger partial charge in [-0.2, -0.15) is 5.10 Å². The fourth-order valence-corrected chi connectivity index (χ4v) is 3.82. The number of ether oxygens (including phenoxy) is 2. The van der Waals surface area contributed by atoms with E-state index in [1.165, 1.54) is 43.7 Å². The van der Waals surface area contributed by atoms with Gasteiger partial charge in [0.2, 0.25) is 0 Å². The monoisotopic (exact) mass is 567 g/mol. The summed E-state index contributed by atoms with van der Waals surface area (Å²) in [6.45, 7) is 0.200. The molecule has 0 unspecified atom stereocenters. The lowest BCUT2D eigenvalue weighted by atomic mass is 10.2. The van der Waals surface area contributed by atoms with Crippen LogP contribution >= 0.6 is 39.1 Å². The fraction of sp³-hybridized carbons (Fsp3) is 0.0870. The second-order valence-electron chi connectivity index (χ2n) is 6.76. The van der Waals surface area contributed by atoms with Crippen molar-refractivity contribution in [2.75, 3.05) is 12.4 Å². The van der Waals surface area contributed by atoms with Gasteiger partial charge in [0, 0.05) is 15.7 Å². The average molecular weight is 569 g/mol. The number of nitrogens with one attached hydrogen (secondary N) is 2. The molecule has 3 aromatic carbocycles. The molecule has 3 aromatic rings. The molecule has 3 rings (SSSR count). The van der Waals surface area contributed by atoms with E-state index in [-0.39, 0.29) is 18.1 Å². The number of carbonyl (C=O) groups is 2. The highest BCUT2D eigenvalue weighted by Crippen LogP contribution is 2.36. The SMILES string of the molecule is COc1cc(C=NNC(=O)C(=O)Nc2cc(Cl)cc(Cl)c2)cc(Br)c1OCc1ccc(F)cc1. The molecule has 0 aliphatic heterocycles. The highest BCUT2D eigenvalue weighted by Gasteiger charge is 2.14. The number of methoxy groups -OCH3 is 1. The molecule has 0 saturated carbocycles. The summed E-state index contributed by atoms with van der Waals surface area (Å²) in [4.78, 5) is 24.0. The van der Waals surface area contributed by atoms with Gasteiger partial charge in [-0.25, -0.2) is 9.82 Å². The molecule has 34 heavy (non-hydrogen) atoms. The van der Waals surface area contributed by atoms with Crippen molar-refractivity contribution >= 4 is 62.8 Å². The minimum absolute atomic E-state index is 0.200. The van der Waals surface area contributed by atoms with Crippen molar-refractivity contribution in [3.63, 3.8) is 0 Å². The smallest absolute Gasteiger partial charge is 0.329 e. The lowest BCUT2D eigenvalue weighted by Crippen LogP contribution is -2.32. The van der Waals surface area contributed by atoms with Gasteiger partial charge in [-0.05, 0) is 69.5 Å². The lowest BCUT2D eigenvalue weighted by molar-refractivity contribution is -0.136. The van der Waals surface area contributed by atoms with E-state index in [2.05, 4.69) is 31.8 Å². The molecule has 7 nitrogen and oxygen atoms in total. The summed E-state index contributed by atoms with van der Waals surface area (Å²) < 4.78 is 24.8. The van der Waals surface area contributed by atoms with Gasteiger partial charge in [0.25, 0.3) is 0 Å². The van der Waals surface area contributed by atoms with E-state index < -0.39 is 11.8 Å². The summed E-state index contributed by atoms with van der Waals surface area (Å²) in [5, 5.41) is 6.80. The van der Waals surface area contributed by atoms with Crippen LogP contribution in [0, 0.1) is 5.82 Å². The third-order valence-corrected chi connectivity index (χ3v) is 5.28. The number of rotatable bonds is 7. The highest BCUT2D eigenvalue weighted by atomic mass is 79.9. The molecular formula is C23H17BrCl2FN3O4. The van der Waals surface area contributed by atoms with Gasteiger partial charge in [0.15, 0.2) is 11.5 Å². The van der Waals surface area contributed by atoms with Crippen molar-refractivity contribution in [3.8, 4) is 11.5 Å². The van der Waals surface area contributed by atoms with Crippen LogP contribution in [0.4, 0.5) is 10.1 Å². The van der Waals surface area contributed by atoms with Crippen molar-refractivity contribution < 1.29 is 23.5 Å². The zero-order valence-corrected chi connectivity index (χ0v) is 20.7. The first-order chi connectivity index (χ1) is 16.2. The van der Waals surface area contributed by atoms with E-state index in [9.17, 15) is 14.0 Å². The predicted molar refractivity (Wildman–Crippen MR) is 132 cm³/mol. The number of halogens is 4. The molecule has 2 amide bonds. The van der Waals surface area contributed by atoms with Gasteiger partial charge in [-0.1, -0.05) is 35.3 Å². The summed E-state index contributed by atoms with van der Waals surface area (Å²) >= 11 is 15.2. The van der Waals surface area contributed by atoms with Crippen LogP contribution in [0.2, 0.25) is 10.0 Å². The largest absolute Gasteiger partial charge is 0.493 e. The van der Waals surface area contributed by atoms with Crippen molar-refractivity contribution in [3.05, 3.63) is 86.1 Å². The van der Waals surface area contributed by atoms with Gasteiger partial charge in [-0.15, -0.1) is 0 Å². The van der Waals surface area contributed by atoms with Gasteiger partial charge in [0.05, 0.1) is 17.8 Å². The molecule has 0 aromatic heterocycles. The number of benzene rings is 3. The third kappa shape index (κ3) is 7.18. The summed E-state index contributed by atoms with van der Waals surface area (Å²) in [5.74, 6) is -1.42. The van der Waals surface area contributed by atoms with Crippen molar-refractivity contribution in [2.45, 2.75) is 6.61 Å². The molecule has 0 fully saturated rings. The number of hydrazone groups is 1. The number of hydrogen-bond donors (Lipinski definition) is 2. The van der Waals surface area contributed by atoms with Crippen LogP contribution < -0.4 is 20.2 Å². The van der Waals surface area contributed by atoms with E-state index in [0.717, 1.165) is 5.56 Å². The van der Waals surface area contributed by atoms with Crippen LogP contribution in [0.25, 0.3) is 0 Å². The van der Waals surface area contributed by atoms with E-state index in [0.29, 0.717) is 31.6 Å². The Morgan fingerprint density at radius 1 is 1.06 bits per heavy atom. The Hall–Kier alpha value is -3.14. The molecule has 0 saturated heterocycles. The van der Waals surface area contributed by atoms with Crippen LogP contribution in [-0.4, -0.2) is 25.1 Å². The number of amides is 2. The normalized spacial score (nSPS) is 10.7. The Morgan fingerprint density at radius 3 is 2.38 bits per heavy atom. The minimum Gasteiger partial charge on any atom is -0.493 e. The summed E-state index contributed by atoms with van der Waals surface area (Å²) in [7, 11) is 1.47. The number of nitrogens with zero attached hydrogens (tertiary/aromatic N) is 1. The third-order valence-electron chi connectivity index (χ3n) is 4.25. The Labute approximate surface area is 213 Å². The first-order valence-electron chi connectivity index (χ1n) is 9.60. The van der Waals surface area contributed by atoms with Crippen LogP contribution in [0.5, 0.6) is 11.5 Å². The second kappa shape index (κ2) is 11.8. The topological polar surface area (TPSA) is 89.0 Å². The Kier molecular flexibility index (Phi) is 8.86. The molecule has 0 heterocycles. The first-order valence-corrected chi connectivity index (χ1v) is 11.2. The molecule has 0 bridgehead atoms. The maximum atomic E-state index is 13.1. The molecule has 11 heteroatoms. The first kappa shape index (κ1) is 25.5. The van der Waals surface area contributed by atoms with Crippen LogP contribution in [-0.2, 0) is 16.2 Å². The minimum atomic E-state index is -0.988. The molecule has 0 aliphatic carbocycles. The molecule has 0 aliphatic rings. The molecule has 176 valence electrons. The van der Waals surface area contributed by atoms with Crippen molar-refractivity contribution in [1.82, 2.24) is 5.43 Å². The standard InChI is InChI=1S/C23H17BrCl2FN3O4/c1-33-20-7-14(6-19(24)21(20)34-12-13-2-4-17(27)5-3-13)11-28-30-23(32)22(31)29-18-9-15(25)8-16(26)10-18/h2-11H,12H2,1H3,(H,29,31)(H,30,32). The van der Waals surface area contributed by atoms with Gasteiger partial charge < -0.3 is 14.8 Å². The van der Waals surface area contributed by atoms with Gasteiger partial charge >= 0.3 is 11.8 Å². The average Bonchev–Trinajstić information content (AvgIpc) is 2.78. The van der Waals surface area contributed by atoms with Crippen molar-refractivity contribution in [2.24, 2.45) is 5.10 Å². The summed E-state index contributed by atoms with van der Waals surface area (Å²) in [5.41, 5.74) is 3.74.